The van der Waals surface area contributed by atoms with Gasteiger partial charge in [0.1, 0.15) is 5.69 Å². The van der Waals surface area contributed by atoms with Crippen molar-refractivity contribution in [3.8, 4) is 0 Å². The number of carbonyl (C=O) groups excluding carboxylic acids is 1. The van der Waals surface area contributed by atoms with Crippen LogP contribution in [0.4, 0.5) is 0 Å². The number of nitrogens with one attached hydrogen (secondary N) is 1. The van der Waals surface area contributed by atoms with E-state index >= 15 is 0 Å². The average molecular weight is 393 g/mol. The van der Waals surface area contributed by atoms with Gasteiger partial charge in [-0.25, -0.2) is 0 Å². The molecule has 4 heterocycles. The van der Waals surface area contributed by atoms with Crippen LogP contribution >= 0.6 is 0 Å². The predicted octanol–water partition coefficient (Wildman–Crippen LogP) is 2.65. The molecule has 1 saturated heterocycles. The summed E-state index contributed by atoms with van der Waals surface area (Å²) in [6.45, 7) is 7.70. The number of aromatic amines is 1. The molecule has 1 aliphatic heterocycles. The van der Waals surface area contributed by atoms with Gasteiger partial charge in [0.25, 0.3) is 5.91 Å². The van der Waals surface area contributed by atoms with Crippen LogP contribution in [0.3, 0.4) is 0 Å². The van der Waals surface area contributed by atoms with Gasteiger partial charge < -0.3 is 4.90 Å². The summed E-state index contributed by atoms with van der Waals surface area (Å²) >= 11 is 0. The highest BCUT2D eigenvalue weighted by molar-refractivity contribution is 5.92. The lowest BCUT2D eigenvalue weighted by molar-refractivity contribution is 0.0704. The average Bonchev–Trinajstić information content (AvgIpc) is 3.44. The van der Waals surface area contributed by atoms with Gasteiger partial charge in [-0.2, -0.15) is 14.7 Å². The minimum Gasteiger partial charge on any atom is -0.337 e. The molecule has 0 spiro atoms. The number of H-pyrrole nitrogens is 1. The number of carbonyl (C=O) groups is 1. The molecule has 1 aliphatic carbocycles. The lowest BCUT2D eigenvalue weighted by Gasteiger charge is -2.30. The molecular weight excluding hydrogens is 366 g/mol. The molecule has 1 N–H and O–H groups in total. The maximum Gasteiger partial charge on any atom is 0.274 e. The Morgan fingerprint density at radius 3 is 2.66 bits per heavy atom. The fraction of sp³-hybridized carbons (Fsp3) is 0.571. The van der Waals surface area contributed by atoms with E-state index in [1.165, 1.54) is 17.7 Å². The third-order valence-corrected chi connectivity index (χ3v) is 6.20. The second kappa shape index (κ2) is 6.64. The first-order valence-corrected chi connectivity index (χ1v) is 10.5. The van der Waals surface area contributed by atoms with Crippen molar-refractivity contribution in [3.63, 3.8) is 0 Å². The van der Waals surface area contributed by atoms with Gasteiger partial charge in [-0.15, -0.1) is 10.2 Å². The van der Waals surface area contributed by atoms with E-state index in [9.17, 15) is 4.79 Å². The topological polar surface area (TPSA) is 92.1 Å². The summed E-state index contributed by atoms with van der Waals surface area (Å²) in [6, 6.07) is 4.01. The van der Waals surface area contributed by atoms with Crippen LogP contribution < -0.4 is 0 Å². The first-order chi connectivity index (χ1) is 13.9. The Morgan fingerprint density at radius 2 is 1.93 bits per heavy atom. The number of likely N-dealkylation sites (tertiary alicyclic amines) is 1. The third-order valence-electron chi connectivity index (χ3n) is 6.20. The van der Waals surface area contributed by atoms with E-state index in [1.807, 2.05) is 15.5 Å². The zero-order chi connectivity index (χ0) is 20.2. The van der Waals surface area contributed by atoms with Crippen molar-refractivity contribution in [1.82, 2.24) is 34.9 Å². The summed E-state index contributed by atoms with van der Waals surface area (Å²) in [4.78, 5) is 14.8. The fourth-order valence-corrected chi connectivity index (χ4v) is 4.37. The fourth-order valence-electron chi connectivity index (χ4n) is 4.37. The van der Waals surface area contributed by atoms with Crippen molar-refractivity contribution < 1.29 is 4.79 Å². The molecule has 0 unspecified atom stereocenters. The van der Waals surface area contributed by atoms with Crippen molar-refractivity contribution in [2.45, 2.75) is 64.2 Å². The molecule has 5 rings (SSSR count). The normalized spacial score (nSPS) is 17.8. The maximum absolute atomic E-state index is 12.9. The summed E-state index contributed by atoms with van der Waals surface area (Å²) in [5.41, 5.74) is 4.75. The lowest BCUT2D eigenvalue weighted by Crippen LogP contribution is -2.38. The molecule has 8 heteroatoms. The third kappa shape index (κ3) is 3.20. The number of aryl methyl sites for hydroxylation is 2. The number of hydrogen-bond donors (Lipinski definition) is 1. The summed E-state index contributed by atoms with van der Waals surface area (Å²) in [5.74, 6) is 1.19. The molecule has 0 bridgehead atoms. The van der Waals surface area contributed by atoms with E-state index in [0.29, 0.717) is 18.8 Å². The second-order valence-electron chi connectivity index (χ2n) is 9.28. The molecule has 0 atom stereocenters. The molecule has 3 aromatic rings. The molecule has 29 heavy (non-hydrogen) atoms. The minimum atomic E-state index is -0.0551. The van der Waals surface area contributed by atoms with Crippen LogP contribution in [0, 0.1) is 0 Å². The van der Waals surface area contributed by atoms with Crippen LogP contribution in [-0.4, -0.2) is 53.9 Å². The van der Waals surface area contributed by atoms with E-state index < -0.39 is 0 Å². The van der Waals surface area contributed by atoms with Gasteiger partial charge in [-0.1, -0.05) is 20.8 Å². The van der Waals surface area contributed by atoms with E-state index in [1.54, 1.807) is 0 Å². The highest BCUT2D eigenvalue weighted by atomic mass is 16.2. The molecule has 152 valence electrons. The number of piperidine rings is 1. The largest absolute Gasteiger partial charge is 0.337 e. The van der Waals surface area contributed by atoms with Crippen molar-refractivity contribution in [2.75, 3.05) is 13.1 Å². The van der Waals surface area contributed by atoms with Crippen molar-refractivity contribution >= 4 is 11.6 Å². The Morgan fingerprint density at radius 1 is 1.14 bits per heavy atom. The summed E-state index contributed by atoms with van der Waals surface area (Å²) < 4.78 is 1.93. The number of rotatable bonds is 2. The number of nitrogens with zero attached hydrogens (tertiary/aromatic N) is 6. The van der Waals surface area contributed by atoms with Crippen LogP contribution in [0.15, 0.2) is 12.1 Å². The van der Waals surface area contributed by atoms with Crippen LogP contribution in [-0.2, 0) is 18.3 Å². The number of aromatic nitrogens is 6. The SMILES string of the molecule is CC(C)(C)c1cc(C(=O)N2CCC(c3nnc4cc5c(nn34)CCC5)CC2)n[nH]1. The van der Waals surface area contributed by atoms with Crippen molar-refractivity contribution in [2.24, 2.45) is 0 Å². The quantitative estimate of drug-likeness (QED) is 0.723. The van der Waals surface area contributed by atoms with Crippen molar-refractivity contribution in [3.05, 3.63) is 40.6 Å². The van der Waals surface area contributed by atoms with E-state index in [4.69, 9.17) is 5.10 Å². The standard InChI is InChI=1S/C21H27N7O/c1-21(2,3)17-12-16(22-23-17)20(29)27-9-7-13(8-10-27)19-25-24-18-11-14-5-4-6-15(14)26-28(18)19/h11-13H,4-10H2,1-3H3,(H,22,23). The van der Waals surface area contributed by atoms with Gasteiger partial charge in [0, 0.05) is 30.1 Å². The molecule has 3 aromatic heterocycles. The Kier molecular flexibility index (Phi) is 4.18. The smallest absolute Gasteiger partial charge is 0.274 e. The van der Waals surface area contributed by atoms with Crippen LogP contribution in [0.1, 0.15) is 79.2 Å². The number of hydrogen-bond acceptors (Lipinski definition) is 5. The Balaban J connectivity index is 1.30. The van der Waals surface area contributed by atoms with Gasteiger partial charge >= 0.3 is 0 Å². The molecule has 1 amide bonds. The van der Waals surface area contributed by atoms with E-state index in [0.717, 1.165) is 42.8 Å². The Hall–Kier alpha value is -2.77. The van der Waals surface area contributed by atoms with Crippen LogP contribution in [0.5, 0.6) is 0 Å². The first kappa shape index (κ1) is 18.3. The molecule has 0 saturated carbocycles. The first-order valence-electron chi connectivity index (χ1n) is 10.5. The number of amides is 1. The van der Waals surface area contributed by atoms with Gasteiger partial charge in [-0.05, 0) is 49.8 Å². The monoisotopic (exact) mass is 393 g/mol. The zero-order valence-electron chi connectivity index (χ0n) is 17.3. The highest BCUT2D eigenvalue weighted by Gasteiger charge is 2.30. The Labute approximate surface area is 169 Å². The summed E-state index contributed by atoms with van der Waals surface area (Å²) in [7, 11) is 0. The van der Waals surface area contributed by atoms with Gasteiger partial charge in [-0.3, -0.25) is 9.89 Å². The molecular formula is C21H27N7O. The van der Waals surface area contributed by atoms with E-state index in [2.05, 4.69) is 47.2 Å². The van der Waals surface area contributed by atoms with Crippen molar-refractivity contribution in [1.29, 1.82) is 0 Å². The Bertz CT molecular complexity index is 1070. The summed E-state index contributed by atoms with van der Waals surface area (Å²) in [5, 5.41) is 20.9. The maximum atomic E-state index is 12.9. The zero-order valence-corrected chi connectivity index (χ0v) is 17.3. The van der Waals surface area contributed by atoms with Crippen LogP contribution in [0.25, 0.3) is 5.65 Å². The second-order valence-corrected chi connectivity index (χ2v) is 9.28. The summed E-state index contributed by atoms with van der Waals surface area (Å²) in [6.07, 6.45) is 5.02. The predicted molar refractivity (Wildman–Crippen MR) is 108 cm³/mol. The molecule has 0 aromatic carbocycles. The molecule has 2 aliphatic rings. The van der Waals surface area contributed by atoms with Gasteiger partial charge in [0.2, 0.25) is 0 Å². The molecule has 0 radical (unpaired) electrons. The van der Waals surface area contributed by atoms with E-state index in [-0.39, 0.29) is 17.2 Å². The molecule has 8 nitrogen and oxygen atoms in total. The van der Waals surface area contributed by atoms with Gasteiger partial charge in [0.15, 0.2) is 11.5 Å². The molecule has 1 fully saturated rings. The van der Waals surface area contributed by atoms with Gasteiger partial charge in [0.05, 0.1) is 5.69 Å². The van der Waals surface area contributed by atoms with Crippen LogP contribution in [0.2, 0.25) is 0 Å². The lowest BCUT2D eigenvalue weighted by atomic mass is 9.92. The highest BCUT2D eigenvalue weighted by Crippen LogP contribution is 2.29. The minimum absolute atomic E-state index is 0.00255. The number of fused-ring (bicyclic) bond motifs is 2.